The van der Waals surface area contributed by atoms with Gasteiger partial charge in [-0.2, -0.15) is 0 Å². The molecule has 3 N–H and O–H groups in total. The molecule has 0 saturated carbocycles. The lowest BCUT2D eigenvalue weighted by Crippen LogP contribution is -2.53. The van der Waals surface area contributed by atoms with Gasteiger partial charge in [0, 0.05) is 83.4 Å². The number of rotatable bonds is 7. The third-order valence-corrected chi connectivity index (χ3v) is 8.43. The van der Waals surface area contributed by atoms with E-state index in [0.717, 1.165) is 63.4 Å². The molecule has 0 aliphatic carbocycles. The predicted molar refractivity (Wildman–Crippen MR) is 175 cm³/mol. The maximum absolute atomic E-state index is 13.1. The fraction of sp³-hybridized carbons (Fsp3) is 0.235. The molecule has 6 rings (SSSR count). The molecule has 4 heterocycles. The highest BCUT2D eigenvalue weighted by molar-refractivity contribution is 9.10. The highest BCUT2D eigenvalue weighted by atomic mass is 79.9. The minimum absolute atomic E-state index is 0.151. The zero-order chi connectivity index (χ0) is 29.9. The van der Waals surface area contributed by atoms with Crippen LogP contribution in [0.1, 0.15) is 35.3 Å². The highest BCUT2D eigenvalue weighted by Gasteiger charge is 2.22. The number of hydrogen-bond donors (Lipinski definition) is 3. The van der Waals surface area contributed by atoms with Gasteiger partial charge in [0.15, 0.2) is 5.82 Å². The molecule has 1 fully saturated rings. The quantitative estimate of drug-likeness (QED) is 0.184. The van der Waals surface area contributed by atoms with E-state index in [1.807, 2.05) is 73.8 Å². The molecule has 2 atom stereocenters. The predicted octanol–water partition coefficient (Wildman–Crippen LogP) is 6.71. The van der Waals surface area contributed by atoms with Gasteiger partial charge in [-0.3, -0.25) is 14.7 Å². The van der Waals surface area contributed by atoms with Crippen molar-refractivity contribution in [2.75, 3.05) is 18.4 Å². The Bertz CT molecular complexity index is 1730. The fourth-order valence-electron chi connectivity index (χ4n) is 5.74. The van der Waals surface area contributed by atoms with Gasteiger partial charge in [-0.15, -0.1) is 0 Å². The minimum atomic E-state index is -0.151. The number of aromatic nitrogens is 4. The maximum atomic E-state index is 13.1. The number of anilines is 1. The largest absolute Gasteiger partial charge is 0.360 e. The van der Waals surface area contributed by atoms with Crippen LogP contribution in [0.5, 0.6) is 0 Å². The lowest BCUT2D eigenvalue weighted by Gasteiger charge is -2.36. The number of hydrogen-bond acceptors (Lipinski definition) is 6. The Morgan fingerprint density at radius 3 is 2.53 bits per heavy atom. The molecule has 2 aromatic carbocycles. The van der Waals surface area contributed by atoms with Crippen molar-refractivity contribution in [3.63, 3.8) is 0 Å². The molecule has 8 nitrogen and oxygen atoms in total. The summed E-state index contributed by atoms with van der Waals surface area (Å²) >= 11 is 3.70. The van der Waals surface area contributed by atoms with Crippen LogP contribution in [-0.2, 0) is 6.54 Å². The van der Waals surface area contributed by atoms with Crippen LogP contribution in [0.3, 0.4) is 0 Å². The number of carbonyl (C=O) groups excluding carboxylic acids is 1. The third kappa shape index (κ3) is 6.59. The lowest BCUT2D eigenvalue weighted by atomic mass is 10.0. The van der Waals surface area contributed by atoms with Crippen molar-refractivity contribution < 1.29 is 4.79 Å². The van der Waals surface area contributed by atoms with E-state index in [9.17, 15) is 4.79 Å². The van der Waals surface area contributed by atoms with Gasteiger partial charge in [0.05, 0.1) is 11.4 Å². The van der Waals surface area contributed by atoms with E-state index in [4.69, 9.17) is 4.98 Å². The van der Waals surface area contributed by atoms with Gasteiger partial charge in [0.2, 0.25) is 0 Å². The minimum Gasteiger partial charge on any atom is -0.360 e. The van der Waals surface area contributed by atoms with Crippen LogP contribution in [0.2, 0.25) is 0 Å². The molecule has 1 saturated heterocycles. The van der Waals surface area contributed by atoms with E-state index < -0.39 is 0 Å². The first-order valence-electron chi connectivity index (χ1n) is 14.4. The zero-order valence-electron chi connectivity index (χ0n) is 24.4. The standard InChI is InChI=1S/C34H34BrN7O/c1-21-16-38-32(31(21)33-37-14-12-30(41-33)26-5-4-13-36-17-26)24-8-10-28(11-9-24)40-34(43)25-6-7-27(29(35)15-25)20-42-18-22(2)39-23(3)19-42/h4-17,22-23,38-39H,18-20H2,1-3H3,(H,40,43). The number of halogens is 1. The molecular formula is C34H34BrN7O. The van der Waals surface area contributed by atoms with Crippen LogP contribution in [0, 0.1) is 6.92 Å². The summed E-state index contributed by atoms with van der Waals surface area (Å²) in [5, 5.41) is 6.61. The van der Waals surface area contributed by atoms with Crippen molar-refractivity contribution in [3.05, 3.63) is 107 Å². The number of piperazine rings is 1. The normalized spacial score (nSPS) is 17.1. The van der Waals surface area contributed by atoms with Crippen molar-refractivity contribution >= 4 is 27.5 Å². The number of aryl methyl sites for hydroxylation is 1. The Kier molecular flexibility index (Phi) is 8.47. The van der Waals surface area contributed by atoms with Crippen LogP contribution in [0.4, 0.5) is 5.69 Å². The van der Waals surface area contributed by atoms with Gasteiger partial charge in [-0.05, 0) is 79.9 Å². The second-order valence-corrected chi connectivity index (χ2v) is 12.1. The molecule has 0 spiro atoms. The molecule has 2 unspecified atom stereocenters. The number of nitrogens with zero attached hydrogens (tertiary/aromatic N) is 4. The zero-order valence-corrected chi connectivity index (χ0v) is 26.0. The maximum Gasteiger partial charge on any atom is 0.255 e. The molecule has 5 aromatic rings. The summed E-state index contributed by atoms with van der Waals surface area (Å²) in [7, 11) is 0. The summed E-state index contributed by atoms with van der Waals surface area (Å²) in [6.07, 6.45) is 7.28. The van der Waals surface area contributed by atoms with E-state index in [0.29, 0.717) is 23.5 Å². The Labute approximate surface area is 260 Å². The first-order chi connectivity index (χ1) is 20.8. The molecule has 43 heavy (non-hydrogen) atoms. The van der Waals surface area contributed by atoms with Crippen molar-refractivity contribution in [2.45, 2.75) is 39.4 Å². The van der Waals surface area contributed by atoms with Gasteiger partial charge in [-0.1, -0.05) is 34.1 Å². The van der Waals surface area contributed by atoms with Crippen molar-refractivity contribution in [1.29, 1.82) is 0 Å². The van der Waals surface area contributed by atoms with Gasteiger partial charge >= 0.3 is 0 Å². The van der Waals surface area contributed by atoms with Crippen molar-refractivity contribution in [3.8, 4) is 33.9 Å². The molecule has 1 amide bonds. The van der Waals surface area contributed by atoms with E-state index in [2.05, 4.69) is 60.3 Å². The van der Waals surface area contributed by atoms with Gasteiger partial charge in [0.1, 0.15) is 0 Å². The summed E-state index contributed by atoms with van der Waals surface area (Å²) < 4.78 is 0.943. The summed E-state index contributed by atoms with van der Waals surface area (Å²) in [5.41, 5.74) is 8.14. The number of benzene rings is 2. The van der Waals surface area contributed by atoms with Crippen LogP contribution in [0.25, 0.3) is 33.9 Å². The second kappa shape index (κ2) is 12.6. The summed E-state index contributed by atoms with van der Waals surface area (Å²) in [6.45, 7) is 9.32. The lowest BCUT2D eigenvalue weighted by molar-refractivity contribution is 0.102. The third-order valence-electron chi connectivity index (χ3n) is 7.69. The number of amides is 1. The molecule has 1 aliphatic heterocycles. The van der Waals surface area contributed by atoms with E-state index in [1.54, 1.807) is 18.6 Å². The second-order valence-electron chi connectivity index (χ2n) is 11.2. The van der Waals surface area contributed by atoms with E-state index in [-0.39, 0.29) is 5.91 Å². The summed E-state index contributed by atoms with van der Waals surface area (Å²) in [4.78, 5) is 32.6. The Balaban J connectivity index is 1.16. The van der Waals surface area contributed by atoms with Crippen LogP contribution in [0.15, 0.2) is 89.9 Å². The molecule has 0 radical (unpaired) electrons. The average Bonchev–Trinajstić information content (AvgIpc) is 3.39. The fourth-order valence-corrected chi connectivity index (χ4v) is 6.25. The number of H-pyrrole nitrogens is 1. The SMILES string of the molecule is Cc1c[nH]c(-c2ccc(NC(=O)c3ccc(CN4CC(C)NC(C)C4)c(Br)c3)cc2)c1-c1nccc(-c2cccnc2)n1. The number of pyridine rings is 1. The van der Waals surface area contributed by atoms with Crippen molar-refractivity contribution in [1.82, 2.24) is 30.2 Å². The van der Waals surface area contributed by atoms with Gasteiger partial charge in [0.25, 0.3) is 5.91 Å². The highest BCUT2D eigenvalue weighted by Crippen LogP contribution is 2.34. The molecule has 0 bridgehead atoms. The summed E-state index contributed by atoms with van der Waals surface area (Å²) in [6, 6.07) is 20.3. The first-order valence-corrected chi connectivity index (χ1v) is 15.2. The van der Waals surface area contributed by atoms with Crippen molar-refractivity contribution in [2.24, 2.45) is 0 Å². The Morgan fingerprint density at radius 1 is 1.02 bits per heavy atom. The Morgan fingerprint density at radius 2 is 1.81 bits per heavy atom. The molecule has 3 aromatic heterocycles. The van der Waals surface area contributed by atoms with Crippen LogP contribution >= 0.6 is 15.9 Å². The smallest absolute Gasteiger partial charge is 0.255 e. The number of aromatic amines is 1. The first kappa shape index (κ1) is 28.9. The molecular weight excluding hydrogens is 602 g/mol. The van der Waals surface area contributed by atoms with Crippen LogP contribution in [-0.4, -0.2) is 55.9 Å². The van der Waals surface area contributed by atoms with E-state index in [1.165, 1.54) is 5.56 Å². The van der Waals surface area contributed by atoms with Gasteiger partial charge < -0.3 is 15.6 Å². The number of nitrogens with one attached hydrogen (secondary N) is 3. The average molecular weight is 637 g/mol. The molecule has 1 aliphatic rings. The molecule has 218 valence electrons. The summed E-state index contributed by atoms with van der Waals surface area (Å²) in [5.74, 6) is 0.490. The van der Waals surface area contributed by atoms with E-state index >= 15 is 0 Å². The Hall–Kier alpha value is -4.18. The van der Waals surface area contributed by atoms with Crippen LogP contribution < -0.4 is 10.6 Å². The molecule has 9 heteroatoms. The topological polar surface area (TPSA) is 98.8 Å². The van der Waals surface area contributed by atoms with Gasteiger partial charge in [-0.25, -0.2) is 9.97 Å². The monoisotopic (exact) mass is 635 g/mol. The number of carbonyl (C=O) groups is 1.